The van der Waals surface area contributed by atoms with Crippen molar-refractivity contribution in [3.63, 3.8) is 0 Å². The second kappa shape index (κ2) is 3.36. The lowest BCUT2D eigenvalue weighted by Crippen LogP contribution is -2.50. The van der Waals surface area contributed by atoms with Crippen molar-refractivity contribution in [2.45, 2.75) is 26.3 Å². The number of nitrogens with zero attached hydrogens (tertiary/aromatic N) is 3. The summed E-state index contributed by atoms with van der Waals surface area (Å²) >= 11 is 0. The van der Waals surface area contributed by atoms with E-state index in [0.29, 0.717) is 11.8 Å². The minimum absolute atomic E-state index is 0.108. The van der Waals surface area contributed by atoms with E-state index in [9.17, 15) is 4.79 Å². The van der Waals surface area contributed by atoms with Crippen molar-refractivity contribution >= 4 is 5.91 Å². The lowest BCUT2D eigenvalue weighted by Gasteiger charge is -2.40. The predicted molar refractivity (Wildman–Crippen MR) is 48.4 cm³/mol. The number of carbonyl (C=O) groups excluding carboxylic acids is 1. The van der Waals surface area contributed by atoms with Crippen LogP contribution < -0.4 is 5.32 Å². The number of hydrogen-bond donors (Lipinski definition) is 2. The van der Waals surface area contributed by atoms with Crippen LogP contribution in [0.3, 0.4) is 0 Å². The van der Waals surface area contributed by atoms with Crippen molar-refractivity contribution in [1.82, 2.24) is 25.9 Å². The van der Waals surface area contributed by atoms with Gasteiger partial charge in [-0.2, -0.15) is 5.21 Å². The van der Waals surface area contributed by atoms with Gasteiger partial charge in [0.15, 0.2) is 0 Å². The van der Waals surface area contributed by atoms with Crippen molar-refractivity contribution < 1.29 is 4.79 Å². The summed E-state index contributed by atoms with van der Waals surface area (Å²) in [6.07, 6.45) is 1.03. The van der Waals surface area contributed by atoms with Crippen LogP contribution in [0.5, 0.6) is 0 Å². The van der Waals surface area contributed by atoms with Gasteiger partial charge in [-0.3, -0.25) is 4.79 Å². The van der Waals surface area contributed by atoms with Crippen LogP contribution in [-0.4, -0.2) is 32.6 Å². The molecule has 2 N–H and O–H groups in total. The molecule has 0 radical (unpaired) electrons. The molecule has 14 heavy (non-hydrogen) atoms. The van der Waals surface area contributed by atoms with Gasteiger partial charge in [-0.25, -0.2) is 0 Å². The Kier molecular flexibility index (Phi) is 2.18. The normalized spacial score (nSPS) is 30.9. The largest absolute Gasteiger partial charge is 0.346 e. The SMILES string of the molecule is CC1CC(NC(=O)c2nn[nH]n2)C1C. The Morgan fingerprint density at radius 1 is 1.57 bits per heavy atom. The van der Waals surface area contributed by atoms with Crippen LogP contribution in [0.2, 0.25) is 0 Å². The molecule has 1 heterocycles. The van der Waals surface area contributed by atoms with Gasteiger partial charge in [-0.1, -0.05) is 13.8 Å². The molecule has 6 nitrogen and oxygen atoms in total. The van der Waals surface area contributed by atoms with Crippen LogP contribution in [0.15, 0.2) is 0 Å². The number of tetrazole rings is 1. The zero-order chi connectivity index (χ0) is 10.1. The molecule has 1 fully saturated rings. The fourth-order valence-electron chi connectivity index (χ4n) is 1.71. The molecule has 1 amide bonds. The second-order valence-electron chi connectivity index (χ2n) is 3.89. The van der Waals surface area contributed by atoms with Crippen molar-refractivity contribution in [3.8, 4) is 0 Å². The highest BCUT2D eigenvalue weighted by Gasteiger charge is 2.35. The summed E-state index contributed by atoms with van der Waals surface area (Å²) in [6.45, 7) is 4.32. The molecule has 1 aromatic rings. The predicted octanol–water partition coefficient (Wildman–Crippen LogP) is -0.0260. The van der Waals surface area contributed by atoms with E-state index in [1.54, 1.807) is 0 Å². The summed E-state index contributed by atoms with van der Waals surface area (Å²) < 4.78 is 0. The Hall–Kier alpha value is -1.46. The van der Waals surface area contributed by atoms with Crippen molar-refractivity contribution in [3.05, 3.63) is 5.82 Å². The van der Waals surface area contributed by atoms with Gasteiger partial charge in [0.2, 0.25) is 0 Å². The molecule has 0 aliphatic heterocycles. The van der Waals surface area contributed by atoms with E-state index in [0.717, 1.165) is 6.42 Å². The van der Waals surface area contributed by atoms with Gasteiger partial charge in [-0.05, 0) is 23.5 Å². The molecule has 0 bridgehead atoms. The van der Waals surface area contributed by atoms with Gasteiger partial charge in [0.1, 0.15) is 0 Å². The average Bonchev–Trinajstić information content (AvgIpc) is 2.69. The maximum absolute atomic E-state index is 11.5. The smallest absolute Gasteiger partial charge is 0.293 e. The first-order valence-corrected chi connectivity index (χ1v) is 4.73. The lowest BCUT2D eigenvalue weighted by molar-refractivity contribution is 0.0797. The maximum Gasteiger partial charge on any atom is 0.293 e. The number of rotatable bonds is 2. The van der Waals surface area contributed by atoms with E-state index in [1.165, 1.54) is 0 Å². The van der Waals surface area contributed by atoms with Crippen molar-refractivity contribution in [2.75, 3.05) is 0 Å². The van der Waals surface area contributed by atoms with E-state index in [2.05, 4.69) is 39.8 Å². The maximum atomic E-state index is 11.5. The number of H-pyrrole nitrogens is 1. The highest BCUT2D eigenvalue weighted by Crippen LogP contribution is 2.33. The summed E-state index contributed by atoms with van der Waals surface area (Å²) in [4.78, 5) is 11.5. The molecular weight excluding hydrogens is 182 g/mol. The minimum Gasteiger partial charge on any atom is -0.346 e. The van der Waals surface area contributed by atoms with Crippen LogP contribution in [0.25, 0.3) is 0 Å². The molecule has 1 aliphatic rings. The fraction of sp³-hybridized carbons (Fsp3) is 0.750. The quantitative estimate of drug-likeness (QED) is 0.694. The van der Waals surface area contributed by atoms with Gasteiger partial charge in [-0.15, -0.1) is 10.2 Å². The third kappa shape index (κ3) is 1.47. The molecule has 3 unspecified atom stereocenters. The molecule has 0 saturated heterocycles. The number of carbonyl (C=O) groups is 1. The fourth-order valence-corrected chi connectivity index (χ4v) is 1.71. The first-order chi connectivity index (χ1) is 6.68. The van der Waals surface area contributed by atoms with Crippen LogP contribution in [0, 0.1) is 11.8 Å². The average molecular weight is 195 g/mol. The van der Waals surface area contributed by atoms with E-state index < -0.39 is 0 Å². The molecule has 0 spiro atoms. The first-order valence-electron chi connectivity index (χ1n) is 4.73. The zero-order valence-corrected chi connectivity index (χ0v) is 8.19. The highest BCUT2D eigenvalue weighted by molar-refractivity contribution is 5.90. The molecule has 1 aliphatic carbocycles. The molecular formula is C8H13N5O. The molecule has 3 atom stereocenters. The lowest BCUT2D eigenvalue weighted by atomic mass is 9.71. The van der Waals surface area contributed by atoms with Crippen molar-refractivity contribution in [2.24, 2.45) is 11.8 Å². The Morgan fingerprint density at radius 3 is 2.86 bits per heavy atom. The molecule has 1 aromatic heterocycles. The second-order valence-corrected chi connectivity index (χ2v) is 3.89. The van der Waals surface area contributed by atoms with Crippen LogP contribution in [-0.2, 0) is 0 Å². The van der Waals surface area contributed by atoms with E-state index in [1.807, 2.05) is 0 Å². The summed E-state index contributed by atoms with van der Waals surface area (Å²) in [5.41, 5.74) is 0. The van der Waals surface area contributed by atoms with Crippen LogP contribution in [0.4, 0.5) is 0 Å². The molecule has 2 rings (SSSR count). The number of hydrogen-bond acceptors (Lipinski definition) is 4. The number of aromatic nitrogens is 4. The van der Waals surface area contributed by atoms with Crippen molar-refractivity contribution in [1.29, 1.82) is 0 Å². The summed E-state index contributed by atoms with van der Waals surface area (Å²) in [5.74, 6) is 1.08. The third-order valence-corrected chi connectivity index (χ3v) is 3.02. The zero-order valence-electron chi connectivity index (χ0n) is 8.19. The molecule has 1 saturated carbocycles. The molecule has 0 aromatic carbocycles. The first kappa shape index (κ1) is 9.11. The van der Waals surface area contributed by atoms with Crippen LogP contribution >= 0.6 is 0 Å². The Balaban J connectivity index is 1.90. The topological polar surface area (TPSA) is 83.6 Å². The van der Waals surface area contributed by atoms with E-state index >= 15 is 0 Å². The minimum atomic E-state index is -0.248. The van der Waals surface area contributed by atoms with Gasteiger partial charge in [0.25, 0.3) is 11.7 Å². The summed E-state index contributed by atoms with van der Waals surface area (Å²) in [6, 6.07) is 0.260. The van der Waals surface area contributed by atoms with Gasteiger partial charge in [0.05, 0.1) is 0 Å². The Morgan fingerprint density at radius 2 is 2.36 bits per heavy atom. The summed E-state index contributed by atoms with van der Waals surface area (Å²) in [7, 11) is 0. The molecule has 76 valence electrons. The summed E-state index contributed by atoms with van der Waals surface area (Å²) in [5, 5.41) is 15.7. The van der Waals surface area contributed by atoms with E-state index in [-0.39, 0.29) is 17.8 Å². The monoisotopic (exact) mass is 195 g/mol. The Labute approximate surface area is 81.5 Å². The Bertz CT molecular complexity index is 322. The molecule has 6 heteroatoms. The van der Waals surface area contributed by atoms with Gasteiger partial charge in [0, 0.05) is 6.04 Å². The third-order valence-electron chi connectivity index (χ3n) is 3.02. The highest BCUT2D eigenvalue weighted by atomic mass is 16.2. The number of nitrogens with one attached hydrogen (secondary N) is 2. The van der Waals surface area contributed by atoms with Crippen LogP contribution in [0.1, 0.15) is 30.9 Å². The van der Waals surface area contributed by atoms with Gasteiger partial charge < -0.3 is 5.32 Å². The van der Waals surface area contributed by atoms with E-state index in [4.69, 9.17) is 0 Å². The number of aromatic amines is 1. The van der Waals surface area contributed by atoms with Gasteiger partial charge >= 0.3 is 0 Å². The number of amides is 1. The standard InChI is InChI=1S/C8H13N5O/c1-4-3-6(5(4)2)9-8(14)7-10-12-13-11-7/h4-6H,3H2,1-2H3,(H,9,14)(H,10,11,12,13).